The monoisotopic (exact) mass is 832 g/mol. The number of aromatic nitrogens is 4. The van der Waals surface area contributed by atoms with E-state index in [1.807, 2.05) is 72.8 Å². The fourth-order valence-electron chi connectivity index (χ4n) is 8.63. The molecule has 4 aromatic carbocycles. The Bertz CT molecular complexity index is 2900. The van der Waals surface area contributed by atoms with Crippen molar-refractivity contribution in [3.8, 4) is 67.5 Å². The molecule has 8 heteroatoms. The predicted octanol–water partition coefficient (Wildman–Crippen LogP) is 14.3. The van der Waals surface area contributed by atoms with Crippen molar-refractivity contribution in [3.05, 3.63) is 144 Å². The van der Waals surface area contributed by atoms with Crippen molar-refractivity contribution in [2.75, 3.05) is 6.61 Å². The largest absolute Gasteiger partial charge is 0.508 e. The molecule has 0 fully saturated rings. The van der Waals surface area contributed by atoms with Gasteiger partial charge in [-0.05, 0) is 126 Å². The summed E-state index contributed by atoms with van der Waals surface area (Å²) in [6.07, 6.45) is 19.6. The Morgan fingerprint density at radius 2 is 0.683 bits per heavy atom. The predicted molar refractivity (Wildman–Crippen MR) is 258 cm³/mol. The SMILES string of the molecule is CCCCCCCCCCCOc1ccc(-c2c3nc(c(-c4ccc(O)cc4)c4ccc([nH]4)c(-c4ccc(O)cc4)c4nc(c(-c5ccc(O)cc5)c5ccc2[nH]5)C=C4)C=C3)cc1. The van der Waals surface area contributed by atoms with E-state index in [0.29, 0.717) is 6.61 Å². The van der Waals surface area contributed by atoms with Crippen molar-refractivity contribution in [2.45, 2.75) is 64.7 Å². The molecule has 8 nitrogen and oxygen atoms in total. The minimum atomic E-state index is 0.173. The number of nitrogens with zero attached hydrogens (tertiary/aromatic N) is 2. The van der Waals surface area contributed by atoms with Gasteiger partial charge in [0.05, 0.1) is 29.4 Å². The Morgan fingerprint density at radius 1 is 0.381 bits per heavy atom. The Morgan fingerprint density at radius 3 is 1.02 bits per heavy atom. The third-order valence-electron chi connectivity index (χ3n) is 11.9. The van der Waals surface area contributed by atoms with Crippen LogP contribution in [0.25, 0.3) is 90.9 Å². The van der Waals surface area contributed by atoms with Gasteiger partial charge in [-0.25, -0.2) is 9.97 Å². The quantitative estimate of drug-likeness (QED) is 0.0655. The normalized spacial score (nSPS) is 12.0. The second-order valence-electron chi connectivity index (χ2n) is 16.3. The molecule has 2 aliphatic rings. The van der Waals surface area contributed by atoms with E-state index in [1.54, 1.807) is 36.4 Å². The number of rotatable bonds is 15. The van der Waals surface area contributed by atoms with Gasteiger partial charge in [-0.2, -0.15) is 0 Å². The topological polar surface area (TPSA) is 127 Å². The summed E-state index contributed by atoms with van der Waals surface area (Å²) in [6, 6.07) is 38.1. The Balaban J connectivity index is 1.21. The lowest BCUT2D eigenvalue weighted by molar-refractivity contribution is 0.304. The number of H-pyrrole nitrogens is 2. The molecular formula is C55H52N4O4. The first-order valence-corrected chi connectivity index (χ1v) is 22.2. The van der Waals surface area contributed by atoms with E-state index in [9.17, 15) is 15.3 Å². The zero-order valence-corrected chi connectivity index (χ0v) is 35.6. The zero-order valence-electron chi connectivity index (χ0n) is 35.6. The second kappa shape index (κ2) is 18.7. The van der Waals surface area contributed by atoms with Crippen molar-refractivity contribution >= 4 is 46.4 Å². The highest BCUT2D eigenvalue weighted by Crippen LogP contribution is 2.39. The summed E-state index contributed by atoms with van der Waals surface area (Å²) in [4.78, 5) is 18.2. The highest BCUT2D eigenvalue weighted by molar-refractivity contribution is 5.99. The summed E-state index contributed by atoms with van der Waals surface area (Å²) >= 11 is 0. The van der Waals surface area contributed by atoms with Gasteiger partial charge in [0.25, 0.3) is 0 Å². The van der Waals surface area contributed by atoms with Gasteiger partial charge in [0.15, 0.2) is 0 Å². The number of aromatic hydroxyl groups is 3. The number of ether oxygens (including phenoxy) is 1. The van der Waals surface area contributed by atoms with Gasteiger partial charge in [-0.3, -0.25) is 0 Å². The lowest BCUT2D eigenvalue weighted by Gasteiger charge is -2.09. The summed E-state index contributed by atoms with van der Waals surface area (Å²) in [5.74, 6) is 1.37. The van der Waals surface area contributed by atoms with Gasteiger partial charge >= 0.3 is 0 Å². The Kier molecular flexibility index (Phi) is 12.2. The summed E-state index contributed by atoms with van der Waals surface area (Å²) in [5.41, 5.74) is 13.6. The summed E-state index contributed by atoms with van der Waals surface area (Å²) in [5, 5.41) is 30.9. The first kappa shape index (κ1) is 41.1. The lowest BCUT2D eigenvalue weighted by atomic mass is 10.0. The highest BCUT2D eigenvalue weighted by atomic mass is 16.5. The van der Waals surface area contributed by atoms with Crippen LogP contribution in [0, 0.1) is 0 Å². The van der Waals surface area contributed by atoms with Crippen LogP contribution in [0.4, 0.5) is 0 Å². The van der Waals surface area contributed by atoms with E-state index in [-0.39, 0.29) is 17.2 Å². The molecule has 0 saturated heterocycles. The Hall–Kier alpha value is -7.32. The van der Waals surface area contributed by atoms with Crippen LogP contribution in [0.15, 0.2) is 121 Å². The van der Waals surface area contributed by atoms with Gasteiger partial charge in [-0.1, -0.05) is 107 Å². The molecule has 5 N–H and O–H groups in total. The molecule has 0 spiro atoms. The molecule has 0 radical (unpaired) electrons. The smallest absolute Gasteiger partial charge is 0.119 e. The maximum absolute atomic E-state index is 10.3. The van der Waals surface area contributed by atoms with E-state index in [2.05, 4.69) is 53.3 Å². The average molecular weight is 833 g/mol. The van der Waals surface area contributed by atoms with Crippen molar-refractivity contribution < 1.29 is 20.1 Å². The summed E-state index contributed by atoms with van der Waals surface area (Å²) in [7, 11) is 0. The van der Waals surface area contributed by atoms with Crippen LogP contribution in [0.2, 0.25) is 0 Å². The van der Waals surface area contributed by atoms with Crippen LogP contribution in [0.3, 0.4) is 0 Å². The van der Waals surface area contributed by atoms with E-state index < -0.39 is 0 Å². The van der Waals surface area contributed by atoms with Gasteiger partial charge in [0.2, 0.25) is 0 Å². The fourth-order valence-corrected chi connectivity index (χ4v) is 8.63. The molecule has 0 unspecified atom stereocenters. The minimum absolute atomic E-state index is 0.173. The molecule has 63 heavy (non-hydrogen) atoms. The van der Waals surface area contributed by atoms with Crippen LogP contribution in [0.5, 0.6) is 23.0 Å². The molecule has 316 valence electrons. The Labute approximate surface area is 368 Å². The molecule has 5 heterocycles. The van der Waals surface area contributed by atoms with Gasteiger partial charge in [0, 0.05) is 44.3 Å². The molecule has 7 aromatic rings. The van der Waals surface area contributed by atoms with E-state index in [4.69, 9.17) is 14.7 Å². The van der Waals surface area contributed by atoms with Gasteiger partial charge in [-0.15, -0.1) is 0 Å². The molecule has 0 aliphatic carbocycles. The molecule has 8 bridgehead atoms. The summed E-state index contributed by atoms with van der Waals surface area (Å²) < 4.78 is 6.24. The number of unbranched alkanes of at least 4 members (excludes halogenated alkanes) is 8. The molecule has 3 aromatic heterocycles. The molecular weight excluding hydrogens is 781 g/mol. The number of hydrogen-bond donors (Lipinski definition) is 5. The number of fused-ring (bicyclic) bond motifs is 8. The maximum Gasteiger partial charge on any atom is 0.119 e. The number of phenolic OH excluding ortho intramolecular Hbond substituents is 3. The summed E-state index contributed by atoms with van der Waals surface area (Å²) in [6.45, 7) is 2.95. The average Bonchev–Trinajstić information content (AvgIpc) is 4.15. The number of nitrogens with one attached hydrogen (secondary N) is 2. The second-order valence-corrected chi connectivity index (χ2v) is 16.3. The third-order valence-corrected chi connectivity index (χ3v) is 11.9. The van der Waals surface area contributed by atoms with Crippen molar-refractivity contribution in [1.82, 2.24) is 19.9 Å². The number of aromatic amines is 2. The molecule has 9 rings (SSSR count). The first-order chi connectivity index (χ1) is 30.9. The van der Waals surface area contributed by atoms with Gasteiger partial charge in [0.1, 0.15) is 23.0 Å². The maximum atomic E-state index is 10.3. The number of phenols is 3. The van der Waals surface area contributed by atoms with Crippen molar-refractivity contribution in [1.29, 1.82) is 0 Å². The van der Waals surface area contributed by atoms with Crippen LogP contribution < -0.4 is 4.74 Å². The van der Waals surface area contributed by atoms with Crippen molar-refractivity contribution in [2.24, 2.45) is 0 Å². The van der Waals surface area contributed by atoms with E-state index in [0.717, 1.165) is 102 Å². The molecule has 0 amide bonds. The van der Waals surface area contributed by atoms with Crippen LogP contribution in [0.1, 0.15) is 87.5 Å². The molecule has 0 atom stereocenters. The van der Waals surface area contributed by atoms with Crippen molar-refractivity contribution in [3.63, 3.8) is 0 Å². The fraction of sp³-hybridized carbons (Fsp3) is 0.200. The molecule has 0 saturated carbocycles. The number of hydrogen-bond acceptors (Lipinski definition) is 6. The first-order valence-electron chi connectivity index (χ1n) is 22.2. The van der Waals surface area contributed by atoms with E-state index in [1.165, 1.54) is 51.4 Å². The number of benzene rings is 4. The van der Waals surface area contributed by atoms with Crippen LogP contribution in [-0.4, -0.2) is 41.9 Å². The highest BCUT2D eigenvalue weighted by Gasteiger charge is 2.19. The van der Waals surface area contributed by atoms with Crippen LogP contribution in [-0.2, 0) is 0 Å². The van der Waals surface area contributed by atoms with Gasteiger partial charge < -0.3 is 30.0 Å². The van der Waals surface area contributed by atoms with E-state index >= 15 is 0 Å². The third kappa shape index (κ3) is 9.16. The zero-order chi connectivity index (χ0) is 43.1. The van der Waals surface area contributed by atoms with Crippen LogP contribution >= 0.6 is 0 Å². The standard InChI is InChI=1S/C55H52N4O4/c1-2-3-4-5-6-7-8-9-10-35-63-43-25-17-39(18-26-43)55-50-33-31-48(58-50)53(37-13-21-41(61)22-14-37)46-29-27-44(56-46)52(36-11-19-40(60)20-12-36)45-28-30-47(57-45)54(49-32-34-51(55)59-49)38-15-23-42(62)24-16-38/h11-34,56,59-62H,2-10,35H2,1H3. The minimum Gasteiger partial charge on any atom is -0.508 e. The molecule has 2 aliphatic heterocycles. The lowest BCUT2D eigenvalue weighted by Crippen LogP contribution is -1.97.